The van der Waals surface area contributed by atoms with Gasteiger partial charge in [0.15, 0.2) is 0 Å². The molecule has 2 saturated carbocycles. The van der Waals surface area contributed by atoms with E-state index in [0.29, 0.717) is 12.1 Å². The maximum Gasteiger partial charge on any atom is 0.366 e. The molecular weight excluding hydrogens is 300 g/mol. The molecule has 2 aliphatic carbocycles. The third kappa shape index (κ3) is 6.82. The van der Waals surface area contributed by atoms with Crippen molar-refractivity contribution in [2.24, 2.45) is 0 Å². The summed E-state index contributed by atoms with van der Waals surface area (Å²) in [6, 6.07) is 1.39. The predicted molar refractivity (Wildman–Crippen MR) is 102 cm³/mol. The molecule has 5 heteroatoms. The van der Waals surface area contributed by atoms with Crippen molar-refractivity contribution >= 4 is 8.72 Å². The van der Waals surface area contributed by atoms with Gasteiger partial charge in [0.1, 0.15) is 0 Å². The fourth-order valence-corrected chi connectivity index (χ4v) is 7.71. The van der Waals surface area contributed by atoms with Gasteiger partial charge in [0.25, 0.3) is 0 Å². The summed E-state index contributed by atoms with van der Waals surface area (Å²) in [5.41, 5.74) is 0. The molecule has 0 aliphatic heterocycles. The Morgan fingerprint density at radius 1 is 0.652 bits per heavy atom. The zero-order chi connectivity index (χ0) is 16.4. The monoisotopic (exact) mass is 340 g/mol. The normalized spacial score (nSPS) is 21.7. The van der Waals surface area contributed by atoms with Crippen LogP contribution in [0, 0.1) is 0 Å². The SMILES string of the molecule is CCCN[Si](NCCC)(NC1CCCCC1)NC1CCCCC1. The van der Waals surface area contributed by atoms with E-state index in [1.54, 1.807) is 0 Å². The fourth-order valence-electron chi connectivity index (χ4n) is 4.04. The Morgan fingerprint density at radius 3 is 1.39 bits per heavy atom. The maximum atomic E-state index is 4.09. The van der Waals surface area contributed by atoms with Gasteiger partial charge in [-0.05, 0) is 51.6 Å². The van der Waals surface area contributed by atoms with Gasteiger partial charge in [0, 0.05) is 12.1 Å². The lowest BCUT2D eigenvalue weighted by molar-refractivity contribution is 0.379. The fraction of sp³-hybridized carbons (Fsp3) is 1.00. The van der Waals surface area contributed by atoms with Crippen molar-refractivity contribution < 1.29 is 0 Å². The van der Waals surface area contributed by atoms with Crippen LogP contribution in [0.15, 0.2) is 0 Å². The van der Waals surface area contributed by atoms with Crippen LogP contribution in [0.2, 0.25) is 0 Å². The van der Waals surface area contributed by atoms with Gasteiger partial charge in [0.05, 0.1) is 0 Å². The Kier molecular flexibility index (Phi) is 9.12. The summed E-state index contributed by atoms with van der Waals surface area (Å²) in [4.78, 5) is 16.0. The Hall–Kier alpha value is 0.0569. The van der Waals surface area contributed by atoms with Crippen LogP contribution < -0.4 is 19.9 Å². The average Bonchev–Trinajstić information content (AvgIpc) is 2.60. The average molecular weight is 341 g/mol. The molecule has 23 heavy (non-hydrogen) atoms. The molecule has 0 radical (unpaired) electrons. The lowest BCUT2D eigenvalue weighted by Gasteiger charge is -2.41. The first-order valence-corrected chi connectivity index (χ1v) is 12.3. The van der Waals surface area contributed by atoms with Crippen LogP contribution in [0.25, 0.3) is 0 Å². The van der Waals surface area contributed by atoms with Crippen molar-refractivity contribution in [1.82, 2.24) is 19.9 Å². The molecule has 0 aromatic rings. The Bertz CT molecular complexity index is 271. The molecule has 0 atom stereocenters. The summed E-state index contributed by atoms with van der Waals surface area (Å²) in [7, 11) is -2.01. The third-order valence-corrected chi connectivity index (χ3v) is 8.58. The first-order valence-electron chi connectivity index (χ1n) is 10.3. The van der Waals surface area contributed by atoms with Gasteiger partial charge in [-0.25, -0.2) is 0 Å². The van der Waals surface area contributed by atoms with Crippen LogP contribution in [-0.2, 0) is 0 Å². The largest absolute Gasteiger partial charge is 0.366 e. The second-order valence-electron chi connectivity index (χ2n) is 7.56. The van der Waals surface area contributed by atoms with Crippen molar-refractivity contribution in [1.29, 1.82) is 0 Å². The third-order valence-electron chi connectivity index (χ3n) is 5.33. The minimum absolute atomic E-state index is 0.695. The molecule has 0 bridgehead atoms. The van der Waals surface area contributed by atoms with Crippen molar-refractivity contribution in [2.75, 3.05) is 13.1 Å². The Morgan fingerprint density at radius 2 is 1.04 bits per heavy atom. The summed E-state index contributed by atoms with van der Waals surface area (Å²) in [5.74, 6) is 0. The molecule has 2 fully saturated rings. The highest BCUT2D eigenvalue weighted by atomic mass is 28.4. The molecule has 2 rings (SSSR count). The van der Waals surface area contributed by atoms with Crippen LogP contribution in [0.1, 0.15) is 90.9 Å². The standard InChI is InChI=1S/C18H40N4Si/c1-3-15-19-23(20-16-4-2,21-17-11-7-5-8-12-17)22-18-13-9-6-10-14-18/h17-22H,3-16H2,1-2H3. The van der Waals surface area contributed by atoms with E-state index < -0.39 is 8.72 Å². The second kappa shape index (κ2) is 10.8. The highest BCUT2D eigenvalue weighted by Crippen LogP contribution is 2.20. The highest BCUT2D eigenvalue weighted by molar-refractivity contribution is 6.70. The Balaban J connectivity index is 2.02. The summed E-state index contributed by atoms with van der Waals surface area (Å²) >= 11 is 0. The molecule has 0 aromatic carbocycles. The lowest BCUT2D eigenvalue weighted by atomic mass is 9.96. The first-order chi connectivity index (χ1) is 11.3. The summed E-state index contributed by atoms with van der Waals surface area (Å²) < 4.78 is 0. The van der Waals surface area contributed by atoms with E-state index in [0.717, 1.165) is 13.1 Å². The van der Waals surface area contributed by atoms with E-state index in [9.17, 15) is 0 Å². The smallest absolute Gasteiger partial charge is 0.301 e. The molecule has 2 aliphatic rings. The van der Waals surface area contributed by atoms with E-state index in [4.69, 9.17) is 0 Å². The number of hydrogen-bond acceptors (Lipinski definition) is 4. The van der Waals surface area contributed by atoms with Crippen molar-refractivity contribution in [3.8, 4) is 0 Å². The molecule has 0 spiro atoms. The van der Waals surface area contributed by atoms with Gasteiger partial charge in [0.2, 0.25) is 0 Å². The summed E-state index contributed by atoms with van der Waals surface area (Å²) in [5, 5.41) is 0. The molecule has 0 amide bonds. The number of rotatable bonds is 10. The van der Waals surface area contributed by atoms with E-state index in [1.807, 2.05) is 0 Å². The topological polar surface area (TPSA) is 48.1 Å². The van der Waals surface area contributed by atoms with E-state index in [1.165, 1.54) is 77.0 Å². The summed E-state index contributed by atoms with van der Waals surface area (Å²) in [6.07, 6.45) is 16.2. The number of nitrogens with one attached hydrogen (secondary N) is 4. The predicted octanol–water partition coefficient (Wildman–Crippen LogP) is 3.27. The first kappa shape index (κ1) is 19.4. The number of hydrogen-bond donors (Lipinski definition) is 4. The van der Waals surface area contributed by atoms with Gasteiger partial charge >= 0.3 is 8.72 Å². The van der Waals surface area contributed by atoms with Crippen LogP contribution >= 0.6 is 0 Å². The molecule has 4 nitrogen and oxygen atoms in total. The highest BCUT2D eigenvalue weighted by Gasteiger charge is 2.38. The van der Waals surface area contributed by atoms with Crippen LogP contribution in [0.3, 0.4) is 0 Å². The molecule has 0 heterocycles. The molecule has 0 saturated heterocycles. The maximum absolute atomic E-state index is 4.09. The molecule has 0 unspecified atom stereocenters. The van der Waals surface area contributed by atoms with E-state index in [-0.39, 0.29) is 0 Å². The molecule has 136 valence electrons. The quantitative estimate of drug-likeness (QED) is 0.461. The van der Waals surface area contributed by atoms with Crippen molar-refractivity contribution in [3.63, 3.8) is 0 Å². The zero-order valence-electron chi connectivity index (χ0n) is 15.6. The molecule has 4 N–H and O–H groups in total. The van der Waals surface area contributed by atoms with Gasteiger partial charge in [-0.15, -0.1) is 0 Å². The minimum atomic E-state index is -2.01. The van der Waals surface area contributed by atoms with Gasteiger partial charge in [-0.2, -0.15) is 0 Å². The zero-order valence-corrected chi connectivity index (χ0v) is 16.6. The van der Waals surface area contributed by atoms with Crippen LogP contribution in [0.5, 0.6) is 0 Å². The van der Waals surface area contributed by atoms with Crippen molar-refractivity contribution in [3.05, 3.63) is 0 Å². The van der Waals surface area contributed by atoms with Crippen LogP contribution in [-0.4, -0.2) is 33.9 Å². The Labute approximate surface area is 145 Å². The van der Waals surface area contributed by atoms with Gasteiger partial charge < -0.3 is 9.96 Å². The minimum Gasteiger partial charge on any atom is -0.301 e. The van der Waals surface area contributed by atoms with E-state index in [2.05, 4.69) is 33.8 Å². The van der Waals surface area contributed by atoms with Gasteiger partial charge in [-0.1, -0.05) is 52.4 Å². The summed E-state index contributed by atoms with van der Waals surface area (Å²) in [6.45, 7) is 6.74. The second-order valence-corrected chi connectivity index (χ2v) is 10.3. The van der Waals surface area contributed by atoms with E-state index >= 15 is 0 Å². The van der Waals surface area contributed by atoms with Gasteiger partial charge in [-0.3, -0.25) is 9.96 Å². The molecular formula is C18H40N4Si. The van der Waals surface area contributed by atoms with Crippen molar-refractivity contribution in [2.45, 2.75) is 103 Å². The lowest BCUT2D eigenvalue weighted by Crippen LogP contribution is -2.83. The van der Waals surface area contributed by atoms with Crippen LogP contribution in [0.4, 0.5) is 0 Å². The molecule has 0 aromatic heterocycles.